The maximum absolute atomic E-state index is 12.8. The molecule has 1 aromatic carbocycles. The van der Waals surface area contributed by atoms with Gasteiger partial charge in [0.1, 0.15) is 5.82 Å². The number of hydrogen-bond donors (Lipinski definition) is 0. The molecular weight excluding hydrogens is 316 g/mol. The Balaban J connectivity index is 1.63. The Kier molecular flexibility index (Phi) is 3.95. The molecule has 0 aliphatic heterocycles. The molecule has 0 bridgehead atoms. The summed E-state index contributed by atoms with van der Waals surface area (Å²) in [7, 11) is 0. The zero-order valence-corrected chi connectivity index (χ0v) is 14.5. The summed E-state index contributed by atoms with van der Waals surface area (Å²) in [6, 6.07) is 7.89. The lowest BCUT2D eigenvalue weighted by Crippen LogP contribution is -2.30. The van der Waals surface area contributed by atoms with Gasteiger partial charge >= 0.3 is 0 Å². The van der Waals surface area contributed by atoms with Gasteiger partial charge in [-0.05, 0) is 38.2 Å². The van der Waals surface area contributed by atoms with Gasteiger partial charge in [0.15, 0.2) is 0 Å². The molecule has 2 aromatic heterocycles. The Bertz CT molecular complexity index is 970. The third-order valence-electron chi connectivity index (χ3n) is 4.71. The molecule has 3 aromatic rings. The van der Waals surface area contributed by atoms with Crippen molar-refractivity contribution >= 4 is 0 Å². The molecule has 0 fully saturated rings. The summed E-state index contributed by atoms with van der Waals surface area (Å²) >= 11 is 0. The van der Waals surface area contributed by atoms with Gasteiger partial charge in [-0.1, -0.05) is 29.4 Å². The molecule has 0 saturated carbocycles. The number of aromatic nitrogens is 4. The zero-order valence-electron chi connectivity index (χ0n) is 14.5. The van der Waals surface area contributed by atoms with Gasteiger partial charge in [0.2, 0.25) is 11.7 Å². The van der Waals surface area contributed by atoms with Crippen LogP contribution in [0.1, 0.15) is 41.4 Å². The van der Waals surface area contributed by atoms with Crippen molar-refractivity contribution in [3.8, 4) is 11.4 Å². The summed E-state index contributed by atoms with van der Waals surface area (Å²) < 4.78 is 6.79. The van der Waals surface area contributed by atoms with Crippen molar-refractivity contribution < 1.29 is 4.52 Å². The first kappa shape index (κ1) is 15.7. The van der Waals surface area contributed by atoms with E-state index in [1.165, 1.54) is 0 Å². The van der Waals surface area contributed by atoms with Crippen molar-refractivity contribution in [2.24, 2.45) is 0 Å². The maximum Gasteiger partial charge on any atom is 0.257 e. The molecule has 6 heteroatoms. The van der Waals surface area contributed by atoms with Gasteiger partial charge in [0.05, 0.1) is 12.2 Å². The van der Waals surface area contributed by atoms with E-state index < -0.39 is 0 Å². The predicted octanol–water partition coefficient (Wildman–Crippen LogP) is 2.84. The van der Waals surface area contributed by atoms with Crippen LogP contribution in [0.5, 0.6) is 0 Å². The van der Waals surface area contributed by atoms with Crippen LogP contribution in [0.3, 0.4) is 0 Å². The first-order valence-corrected chi connectivity index (χ1v) is 8.60. The largest absolute Gasteiger partial charge is 0.339 e. The molecule has 1 aliphatic carbocycles. The monoisotopic (exact) mass is 336 g/mol. The zero-order chi connectivity index (χ0) is 17.4. The smallest absolute Gasteiger partial charge is 0.257 e. The average Bonchev–Trinajstić information content (AvgIpc) is 3.05. The highest BCUT2D eigenvalue weighted by Gasteiger charge is 2.17. The van der Waals surface area contributed by atoms with Crippen molar-refractivity contribution in [1.29, 1.82) is 0 Å². The average molecular weight is 336 g/mol. The minimum Gasteiger partial charge on any atom is -0.339 e. The van der Waals surface area contributed by atoms with Crippen LogP contribution in [-0.2, 0) is 19.4 Å². The molecule has 0 atom stereocenters. The SMILES string of the molecule is Cc1nc(-c2ccc(Cn3c(C)nc4c(c3=O)CCCC4)cc2)no1. The van der Waals surface area contributed by atoms with E-state index >= 15 is 0 Å². The van der Waals surface area contributed by atoms with Crippen molar-refractivity contribution in [2.75, 3.05) is 0 Å². The van der Waals surface area contributed by atoms with Crippen molar-refractivity contribution in [1.82, 2.24) is 19.7 Å². The lowest BCUT2D eigenvalue weighted by Gasteiger charge is -2.18. The summed E-state index contributed by atoms with van der Waals surface area (Å²) in [5, 5.41) is 3.92. The molecule has 1 aliphatic rings. The van der Waals surface area contributed by atoms with Crippen LogP contribution in [0.2, 0.25) is 0 Å². The highest BCUT2D eigenvalue weighted by Crippen LogP contribution is 2.19. The second-order valence-corrected chi connectivity index (χ2v) is 6.52. The summed E-state index contributed by atoms with van der Waals surface area (Å²) in [5.41, 5.74) is 3.95. The van der Waals surface area contributed by atoms with Crippen LogP contribution < -0.4 is 5.56 Å². The fourth-order valence-corrected chi connectivity index (χ4v) is 3.35. The van der Waals surface area contributed by atoms with Gasteiger partial charge in [-0.15, -0.1) is 0 Å². The molecule has 0 saturated heterocycles. The molecule has 0 N–H and O–H groups in total. The minimum absolute atomic E-state index is 0.111. The number of fused-ring (bicyclic) bond motifs is 1. The summed E-state index contributed by atoms with van der Waals surface area (Å²) in [5.74, 6) is 1.90. The topological polar surface area (TPSA) is 73.8 Å². The number of benzene rings is 1. The number of rotatable bonds is 3. The van der Waals surface area contributed by atoms with Crippen LogP contribution in [0, 0.1) is 13.8 Å². The second-order valence-electron chi connectivity index (χ2n) is 6.52. The number of aryl methyl sites for hydroxylation is 3. The third kappa shape index (κ3) is 2.99. The van der Waals surface area contributed by atoms with E-state index in [0.29, 0.717) is 18.3 Å². The first-order chi connectivity index (χ1) is 12.1. The van der Waals surface area contributed by atoms with Crippen LogP contribution in [0.15, 0.2) is 33.6 Å². The Labute approximate surface area is 145 Å². The van der Waals surface area contributed by atoms with Crippen molar-refractivity contribution in [3.05, 3.63) is 63.2 Å². The molecule has 0 radical (unpaired) electrons. The molecule has 4 rings (SSSR count). The third-order valence-corrected chi connectivity index (χ3v) is 4.71. The number of nitrogens with zero attached hydrogens (tertiary/aromatic N) is 4. The molecule has 2 heterocycles. The van der Waals surface area contributed by atoms with Gasteiger partial charge < -0.3 is 4.52 Å². The molecule has 25 heavy (non-hydrogen) atoms. The van der Waals surface area contributed by atoms with Gasteiger partial charge in [0.25, 0.3) is 5.56 Å². The van der Waals surface area contributed by atoms with Crippen LogP contribution in [0.4, 0.5) is 0 Å². The van der Waals surface area contributed by atoms with E-state index in [9.17, 15) is 4.79 Å². The minimum atomic E-state index is 0.111. The van der Waals surface area contributed by atoms with Gasteiger partial charge in [0, 0.05) is 18.1 Å². The van der Waals surface area contributed by atoms with E-state index in [1.54, 1.807) is 11.5 Å². The lowest BCUT2D eigenvalue weighted by atomic mass is 9.97. The predicted molar refractivity (Wildman–Crippen MR) is 93.4 cm³/mol. The fourth-order valence-electron chi connectivity index (χ4n) is 3.35. The molecule has 0 spiro atoms. The first-order valence-electron chi connectivity index (χ1n) is 8.60. The number of hydrogen-bond acceptors (Lipinski definition) is 5. The second kappa shape index (κ2) is 6.27. The van der Waals surface area contributed by atoms with E-state index in [1.807, 2.05) is 31.2 Å². The summed E-state index contributed by atoms with van der Waals surface area (Å²) in [4.78, 5) is 21.7. The Hall–Kier alpha value is -2.76. The van der Waals surface area contributed by atoms with Crippen LogP contribution in [0.25, 0.3) is 11.4 Å². The van der Waals surface area contributed by atoms with Crippen molar-refractivity contribution in [2.45, 2.75) is 46.1 Å². The fraction of sp³-hybridized carbons (Fsp3) is 0.368. The van der Waals surface area contributed by atoms with Crippen LogP contribution >= 0.6 is 0 Å². The quantitative estimate of drug-likeness (QED) is 0.735. The van der Waals surface area contributed by atoms with Gasteiger partial charge in [-0.3, -0.25) is 9.36 Å². The highest BCUT2D eigenvalue weighted by atomic mass is 16.5. The van der Waals surface area contributed by atoms with Gasteiger partial charge in [-0.25, -0.2) is 4.98 Å². The lowest BCUT2D eigenvalue weighted by molar-refractivity contribution is 0.394. The Morgan fingerprint density at radius 1 is 1.08 bits per heavy atom. The summed E-state index contributed by atoms with van der Waals surface area (Å²) in [6.45, 7) is 4.20. The van der Waals surface area contributed by atoms with Crippen LogP contribution in [-0.4, -0.2) is 19.7 Å². The van der Waals surface area contributed by atoms with E-state index in [0.717, 1.165) is 53.9 Å². The molecule has 6 nitrogen and oxygen atoms in total. The Morgan fingerprint density at radius 3 is 2.56 bits per heavy atom. The molecule has 0 amide bonds. The van der Waals surface area contributed by atoms with E-state index in [-0.39, 0.29) is 5.56 Å². The molecular formula is C19H20N4O2. The van der Waals surface area contributed by atoms with Crippen molar-refractivity contribution in [3.63, 3.8) is 0 Å². The van der Waals surface area contributed by atoms with E-state index in [2.05, 4.69) is 15.1 Å². The molecule has 0 unspecified atom stereocenters. The van der Waals surface area contributed by atoms with E-state index in [4.69, 9.17) is 4.52 Å². The standard InChI is InChI=1S/C19H20N4O2/c1-12-20-17-6-4-3-5-16(17)19(24)23(12)11-14-7-9-15(10-8-14)18-21-13(2)25-22-18/h7-10H,3-6,11H2,1-2H3. The normalized spacial score (nSPS) is 13.7. The Morgan fingerprint density at radius 2 is 1.84 bits per heavy atom. The summed E-state index contributed by atoms with van der Waals surface area (Å²) in [6.07, 6.45) is 3.97. The van der Waals surface area contributed by atoms with Gasteiger partial charge in [-0.2, -0.15) is 4.98 Å². The molecule has 128 valence electrons. The maximum atomic E-state index is 12.8. The highest BCUT2D eigenvalue weighted by molar-refractivity contribution is 5.54.